The molecule has 1 N–H and O–H groups in total. The van der Waals surface area contributed by atoms with Crippen molar-refractivity contribution < 1.29 is 4.79 Å². The highest BCUT2D eigenvalue weighted by Gasteiger charge is 2.26. The van der Waals surface area contributed by atoms with Crippen molar-refractivity contribution in [1.82, 2.24) is 10.2 Å². The predicted octanol–water partition coefficient (Wildman–Crippen LogP) is 2.02. The highest BCUT2D eigenvalue weighted by atomic mass is 16.2. The maximum absolute atomic E-state index is 12.2. The highest BCUT2D eigenvalue weighted by molar-refractivity contribution is 5.82. The Balaban J connectivity index is 2.48. The second kappa shape index (κ2) is 6.89. The molecule has 1 aliphatic heterocycles. The number of nitrogens with zero attached hydrogens (tertiary/aromatic N) is 1. The van der Waals surface area contributed by atoms with Crippen LogP contribution in [0.1, 0.15) is 46.5 Å². The lowest BCUT2D eigenvalue weighted by Crippen LogP contribution is -2.45. The number of carbonyl (C=O) groups excluding carboxylic acids is 1. The molecule has 0 aromatic heterocycles. The van der Waals surface area contributed by atoms with Crippen molar-refractivity contribution in [2.75, 3.05) is 19.6 Å². The normalized spacial score (nSPS) is 20.4. The van der Waals surface area contributed by atoms with E-state index in [-0.39, 0.29) is 6.04 Å². The molecule has 3 nitrogen and oxygen atoms in total. The van der Waals surface area contributed by atoms with Gasteiger partial charge in [-0.05, 0) is 32.2 Å². The standard InChI is InChI=1S/C13H26N2O/c1-4-11(5-2)10-15(6-3)13(16)12-8-7-9-14-12/h11-12,14H,4-10H2,1-3H3. The second-order valence-corrected chi connectivity index (χ2v) is 4.71. The first kappa shape index (κ1) is 13.5. The Morgan fingerprint density at radius 1 is 1.38 bits per heavy atom. The van der Waals surface area contributed by atoms with Crippen LogP contribution in [-0.4, -0.2) is 36.5 Å². The van der Waals surface area contributed by atoms with Crippen LogP contribution in [0, 0.1) is 5.92 Å². The van der Waals surface area contributed by atoms with E-state index in [0.29, 0.717) is 11.8 Å². The summed E-state index contributed by atoms with van der Waals surface area (Å²) in [5.74, 6) is 0.970. The third-order valence-electron chi connectivity index (χ3n) is 3.69. The first-order chi connectivity index (χ1) is 7.72. The number of hydrogen-bond donors (Lipinski definition) is 1. The number of carbonyl (C=O) groups is 1. The van der Waals surface area contributed by atoms with Crippen molar-refractivity contribution in [3.05, 3.63) is 0 Å². The van der Waals surface area contributed by atoms with Crippen molar-refractivity contribution in [3.8, 4) is 0 Å². The minimum Gasteiger partial charge on any atom is -0.341 e. The summed E-state index contributed by atoms with van der Waals surface area (Å²) < 4.78 is 0. The zero-order valence-electron chi connectivity index (χ0n) is 11.0. The average molecular weight is 226 g/mol. The van der Waals surface area contributed by atoms with Crippen molar-refractivity contribution in [1.29, 1.82) is 0 Å². The Morgan fingerprint density at radius 3 is 2.50 bits per heavy atom. The molecular weight excluding hydrogens is 200 g/mol. The van der Waals surface area contributed by atoms with Gasteiger partial charge in [0.1, 0.15) is 0 Å². The molecule has 1 unspecified atom stereocenters. The molecule has 0 aromatic carbocycles. The van der Waals surface area contributed by atoms with Crippen LogP contribution in [0.15, 0.2) is 0 Å². The summed E-state index contributed by atoms with van der Waals surface area (Å²) in [4.78, 5) is 14.2. The van der Waals surface area contributed by atoms with E-state index in [4.69, 9.17) is 0 Å². The molecule has 0 aromatic rings. The van der Waals surface area contributed by atoms with Crippen LogP contribution in [0.5, 0.6) is 0 Å². The molecule has 1 saturated heterocycles. The Morgan fingerprint density at radius 2 is 2.06 bits per heavy atom. The Hall–Kier alpha value is -0.570. The predicted molar refractivity (Wildman–Crippen MR) is 67.4 cm³/mol. The summed E-state index contributed by atoms with van der Waals surface area (Å²) in [6.07, 6.45) is 4.48. The Kier molecular flexibility index (Phi) is 5.81. The zero-order chi connectivity index (χ0) is 12.0. The van der Waals surface area contributed by atoms with E-state index < -0.39 is 0 Å². The molecule has 3 heteroatoms. The lowest BCUT2D eigenvalue weighted by atomic mass is 10.0. The molecule has 1 amide bonds. The SMILES string of the molecule is CCC(CC)CN(CC)C(=O)C1CCCN1. The van der Waals surface area contributed by atoms with Gasteiger partial charge in [-0.2, -0.15) is 0 Å². The van der Waals surface area contributed by atoms with Gasteiger partial charge in [0, 0.05) is 13.1 Å². The van der Waals surface area contributed by atoms with Gasteiger partial charge in [-0.25, -0.2) is 0 Å². The second-order valence-electron chi connectivity index (χ2n) is 4.71. The van der Waals surface area contributed by atoms with Gasteiger partial charge in [0.25, 0.3) is 0 Å². The van der Waals surface area contributed by atoms with Gasteiger partial charge in [-0.15, -0.1) is 0 Å². The number of likely N-dealkylation sites (N-methyl/N-ethyl adjacent to an activating group) is 1. The number of amides is 1. The monoisotopic (exact) mass is 226 g/mol. The molecule has 1 heterocycles. The van der Waals surface area contributed by atoms with Crippen molar-refractivity contribution in [2.24, 2.45) is 5.92 Å². The molecule has 0 spiro atoms. The van der Waals surface area contributed by atoms with Crippen LogP contribution in [0.3, 0.4) is 0 Å². The largest absolute Gasteiger partial charge is 0.341 e. The lowest BCUT2D eigenvalue weighted by Gasteiger charge is -2.28. The van der Waals surface area contributed by atoms with Crippen molar-refractivity contribution in [2.45, 2.75) is 52.5 Å². The number of nitrogens with one attached hydrogen (secondary N) is 1. The maximum Gasteiger partial charge on any atom is 0.239 e. The van der Waals surface area contributed by atoms with Gasteiger partial charge in [-0.1, -0.05) is 26.7 Å². The summed E-state index contributed by atoms with van der Waals surface area (Å²) >= 11 is 0. The molecule has 0 bridgehead atoms. The Bertz CT molecular complexity index is 208. The molecule has 0 radical (unpaired) electrons. The fourth-order valence-corrected chi connectivity index (χ4v) is 2.35. The van der Waals surface area contributed by atoms with Gasteiger partial charge in [0.05, 0.1) is 6.04 Å². The topological polar surface area (TPSA) is 32.3 Å². The molecule has 1 aliphatic rings. The fraction of sp³-hybridized carbons (Fsp3) is 0.923. The van der Waals surface area contributed by atoms with Crippen LogP contribution in [0.25, 0.3) is 0 Å². The van der Waals surface area contributed by atoms with E-state index in [1.807, 2.05) is 4.90 Å². The van der Waals surface area contributed by atoms with Crippen molar-refractivity contribution >= 4 is 5.91 Å². The van der Waals surface area contributed by atoms with Crippen molar-refractivity contribution in [3.63, 3.8) is 0 Å². The number of hydrogen-bond acceptors (Lipinski definition) is 2. The fourth-order valence-electron chi connectivity index (χ4n) is 2.35. The molecular formula is C13H26N2O. The average Bonchev–Trinajstić information content (AvgIpc) is 2.83. The van der Waals surface area contributed by atoms with Gasteiger partial charge < -0.3 is 10.2 Å². The van der Waals surface area contributed by atoms with Gasteiger partial charge in [0.2, 0.25) is 5.91 Å². The van der Waals surface area contributed by atoms with Crippen LogP contribution < -0.4 is 5.32 Å². The van der Waals surface area contributed by atoms with Crippen LogP contribution >= 0.6 is 0 Å². The first-order valence-electron chi connectivity index (χ1n) is 6.75. The molecule has 94 valence electrons. The third kappa shape index (κ3) is 3.48. The van der Waals surface area contributed by atoms with E-state index in [1.165, 1.54) is 12.8 Å². The summed E-state index contributed by atoms with van der Waals surface area (Å²) in [7, 11) is 0. The van der Waals surface area contributed by atoms with Crippen LogP contribution in [0.2, 0.25) is 0 Å². The maximum atomic E-state index is 12.2. The minimum atomic E-state index is 0.0920. The van der Waals surface area contributed by atoms with Crippen LogP contribution in [-0.2, 0) is 4.79 Å². The summed E-state index contributed by atoms with van der Waals surface area (Å²) in [6, 6.07) is 0.0920. The van der Waals surface area contributed by atoms with E-state index >= 15 is 0 Å². The first-order valence-corrected chi connectivity index (χ1v) is 6.75. The highest BCUT2D eigenvalue weighted by Crippen LogP contribution is 2.13. The Labute approximate surface area is 99.6 Å². The van der Waals surface area contributed by atoms with E-state index in [0.717, 1.165) is 32.5 Å². The van der Waals surface area contributed by atoms with E-state index in [9.17, 15) is 4.79 Å². The van der Waals surface area contributed by atoms with Crippen LogP contribution in [0.4, 0.5) is 0 Å². The smallest absolute Gasteiger partial charge is 0.239 e. The van der Waals surface area contributed by atoms with Gasteiger partial charge >= 0.3 is 0 Å². The number of rotatable bonds is 6. The van der Waals surface area contributed by atoms with Gasteiger partial charge in [0.15, 0.2) is 0 Å². The van der Waals surface area contributed by atoms with Gasteiger partial charge in [-0.3, -0.25) is 4.79 Å². The van der Waals surface area contributed by atoms with E-state index in [2.05, 4.69) is 26.1 Å². The third-order valence-corrected chi connectivity index (χ3v) is 3.69. The molecule has 1 fully saturated rings. The molecule has 0 saturated carbocycles. The zero-order valence-corrected chi connectivity index (χ0v) is 11.0. The molecule has 16 heavy (non-hydrogen) atoms. The quantitative estimate of drug-likeness (QED) is 0.751. The molecule has 0 aliphatic carbocycles. The summed E-state index contributed by atoms with van der Waals surface area (Å²) in [5.41, 5.74) is 0. The molecule has 1 rings (SSSR count). The summed E-state index contributed by atoms with van der Waals surface area (Å²) in [6.45, 7) is 9.27. The lowest BCUT2D eigenvalue weighted by molar-refractivity contribution is -0.133. The van der Waals surface area contributed by atoms with E-state index in [1.54, 1.807) is 0 Å². The summed E-state index contributed by atoms with van der Waals surface area (Å²) in [5, 5.41) is 3.29. The minimum absolute atomic E-state index is 0.0920. The molecule has 1 atom stereocenters.